The molecule has 0 radical (unpaired) electrons. The van der Waals surface area contributed by atoms with E-state index in [1.807, 2.05) is 0 Å². The van der Waals surface area contributed by atoms with Gasteiger partial charge in [-0.3, -0.25) is 0 Å². The first-order chi connectivity index (χ1) is 9.41. The van der Waals surface area contributed by atoms with Crippen LogP contribution in [-0.2, 0) is 5.60 Å². The number of halogens is 3. The lowest BCUT2D eigenvalue weighted by Gasteiger charge is -2.32. The number of benzene rings is 2. The molecule has 0 aromatic heterocycles. The Labute approximate surface area is 114 Å². The van der Waals surface area contributed by atoms with Gasteiger partial charge in [0.1, 0.15) is 5.75 Å². The minimum absolute atomic E-state index is 0.0174. The van der Waals surface area contributed by atoms with E-state index in [1.165, 1.54) is 49.6 Å². The molecule has 2 rings (SSSR count). The fraction of sp³-hybridized carbons (Fsp3) is 0.200. The van der Waals surface area contributed by atoms with Gasteiger partial charge >= 0.3 is 6.18 Å². The highest BCUT2D eigenvalue weighted by atomic mass is 19.4. The molecule has 0 saturated heterocycles. The van der Waals surface area contributed by atoms with E-state index < -0.39 is 11.8 Å². The molecule has 0 heterocycles. The van der Waals surface area contributed by atoms with E-state index >= 15 is 0 Å². The second kappa shape index (κ2) is 5.17. The minimum Gasteiger partial charge on any atom is -0.496 e. The Hall–Kier alpha value is -2.01. The van der Waals surface area contributed by atoms with E-state index in [9.17, 15) is 18.3 Å². The molecule has 1 N–H and O–H groups in total. The third-order valence-electron chi connectivity index (χ3n) is 3.10. The van der Waals surface area contributed by atoms with Crippen molar-refractivity contribution in [3.63, 3.8) is 0 Å². The van der Waals surface area contributed by atoms with E-state index in [4.69, 9.17) is 4.74 Å². The monoisotopic (exact) mass is 282 g/mol. The fourth-order valence-electron chi connectivity index (χ4n) is 2.09. The molecule has 0 aliphatic heterocycles. The molecule has 0 fully saturated rings. The van der Waals surface area contributed by atoms with Gasteiger partial charge in [0.25, 0.3) is 0 Å². The number of ether oxygens (including phenoxy) is 1. The number of alkyl halides is 3. The SMILES string of the molecule is COc1ccccc1C(O)(c1ccccc1)C(F)(F)F. The Balaban J connectivity index is 2.72. The summed E-state index contributed by atoms with van der Waals surface area (Å²) >= 11 is 0. The van der Waals surface area contributed by atoms with Gasteiger partial charge in [0, 0.05) is 5.56 Å². The first-order valence-corrected chi connectivity index (χ1v) is 5.89. The van der Waals surface area contributed by atoms with E-state index in [0.29, 0.717) is 0 Å². The number of aliphatic hydroxyl groups is 1. The average Bonchev–Trinajstić information content (AvgIpc) is 2.46. The van der Waals surface area contributed by atoms with Crippen molar-refractivity contribution in [2.24, 2.45) is 0 Å². The Morgan fingerprint density at radius 3 is 2.00 bits per heavy atom. The molecule has 0 aliphatic rings. The van der Waals surface area contributed by atoms with Crippen LogP contribution in [0.5, 0.6) is 5.75 Å². The second-order valence-corrected chi connectivity index (χ2v) is 4.27. The lowest BCUT2D eigenvalue weighted by molar-refractivity contribution is -0.248. The van der Waals surface area contributed by atoms with Gasteiger partial charge in [-0.25, -0.2) is 0 Å². The highest BCUT2D eigenvalue weighted by molar-refractivity contribution is 5.46. The van der Waals surface area contributed by atoms with Crippen molar-refractivity contribution in [1.82, 2.24) is 0 Å². The van der Waals surface area contributed by atoms with Gasteiger partial charge in [0.2, 0.25) is 5.60 Å². The summed E-state index contributed by atoms with van der Waals surface area (Å²) in [5.41, 5.74) is -3.70. The van der Waals surface area contributed by atoms with Gasteiger partial charge in [0.05, 0.1) is 7.11 Å². The summed E-state index contributed by atoms with van der Waals surface area (Å²) in [7, 11) is 1.26. The zero-order valence-electron chi connectivity index (χ0n) is 10.7. The molecular weight excluding hydrogens is 269 g/mol. The van der Waals surface area contributed by atoms with Crippen LogP contribution in [0.15, 0.2) is 54.6 Å². The molecule has 106 valence electrons. The lowest BCUT2D eigenvalue weighted by atomic mass is 9.85. The van der Waals surface area contributed by atoms with Crippen LogP contribution in [0, 0.1) is 0 Å². The molecule has 0 bridgehead atoms. The number of hydrogen-bond acceptors (Lipinski definition) is 2. The first kappa shape index (κ1) is 14.4. The zero-order valence-corrected chi connectivity index (χ0v) is 10.7. The van der Waals surface area contributed by atoms with Crippen molar-refractivity contribution in [2.75, 3.05) is 7.11 Å². The van der Waals surface area contributed by atoms with Crippen LogP contribution in [0.2, 0.25) is 0 Å². The summed E-state index contributed by atoms with van der Waals surface area (Å²) in [5, 5.41) is 10.4. The van der Waals surface area contributed by atoms with Crippen molar-refractivity contribution in [3.05, 3.63) is 65.7 Å². The molecule has 0 saturated carbocycles. The molecule has 0 spiro atoms. The fourth-order valence-corrected chi connectivity index (χ4v) is 2.09. The Kier molecular flexibility index (Phi) is 3.72. The molecule has 20 heavy (non-hydrogen) atoms. The Morgan fingerprint density at radius 2 is 1.45 bits per heavy atom. The van der Waals surface area contributed by atoms with Crippen LogP contribution in [0.1, 0.15) is 11.1 Å². The summed E-state index contributed by atoms with van der Waals surface area (Å²) in [6.07, 6.45) is -4.87. The summed E-state index contributed by atoms with van der Waals surface area (Å²) < 4.78 is 45.4. The van der Waals surface area contributed by atoms with Crippen molar-refractivity contribution in [1.29, 1.82) is 0 Å². The average molecular weight is 282 g/mol. The molecule has 1 unspecified atom stereocenters. The predicted molar refractivity (Wildman–Crippen MR) is 68.5 cm³/mol. The number of rotatable bonds is 3. The van der Waals surface area contributed by atoms with E-state index in [0.717, 1.165) is 0 Å². The number of methoxy groups -OCH3 is 1. The highest BCUT2D eigenvalue weighted by Crippen LogP contribution is 2.46. The first-order valence-electron chi connectivity index (χ1n) is 5.89. The van der Waals surface area contributed by atoms with Crippen molar-refractivity contribution >= 4 is 0 Å². The van der Waals surface area contributed by atoms with Crippen LogP contribution < -0.4 is 4.74 Å². The number of hydrogen-bond donors (Lipinski definition) is 1. The molecule has 1 atom stereocenters. The van der Waals surface area contributed by atoms with Crippen LogP contribution in [0.25, 0.3) is 0 Å². The normalized spacial score (nSPS) is 14.7. The smallest absolute Gasteiger partial charge is 0.425 e. The molecule has 0 amide bonds. The predicted octanol–water partition coefficient (Wildman–Crippen LogP) is 3.49. The lowest BCUT2D eigenvalue weighted by Crippen LogP contribution is -2.43. The molecule has 5 heteroatoms. The third-order valence-corrected chi connectivity index (χ3v) is 3.10. The summed E-state index contributed by atoms with van der Waals surface area (Å²) in [6, 6.07) is 12.5. The van der Waals surface area contributed by atoms with Gasteiger partial charge in [-0.1, -0.05) is 48.5 Å². The largest absolute Gasteiger partial charge is 0.496 e. The van der Waals surface area contributed by atoms with Gasteiger partial charge in [-0.15, -0.1) is 0 Å². The molecule has 2 aromatic rings. The van der Waals surface area contributed by atoms with Gasteiger partial charge in [-0.05, 0) is 11.6 Å². The second-order valence-electron chi connectivity index (χ2n) is 4.27. The minimum atomic E-state index is -4.87. The van der Waals surface area contributed by atoms with E-state index in [2.05, 4.69) is 0 Å². The Morgan fingerprint density at radius 1 is 0.900 bits per heavy atom. The summed E-state index contributed by atoms with van der Waals surface area (Å²) in [5.74, 6) is -0.0174. The van der Waals surface area contributed by atoms with Gasteiger partial charge in [0.15, 0.2) is 0 Å². The maximum Gasteiger partial charge on any atom is 0.425 e. The van der Waals surface area contributed by atoms with Crippen LogP contribution in [0.3, 0.4) is 0 Å². The molecule has 0 aliphatic carbocycles. The molecule has 2 nitrogen and oxygen atoms in total. The zero-order chi connectivity index (χ0) is 14.8. The number of para-hydroxylation sites is 1. The topological polar surface area (TPSA) is 29.5 Å². The van der Waals surface area contributed by atoms with Crippen molar-refractivity contribution in [2.45, 2.75) is 11.8 Å². The van der Waals surface area contributed by atoms with Gasteiger partial charge in [-0.2, -0.15) is 13.2 Å². The van der Waals surface area contributed by atoms with Gasteiger partial charge < -0.3 is 9.84 Å². The highest BCUT2D eigenvalue weighted by Gasteiger charge is 2.57. The van der Waals surface area contributed by atoms with Crippen LogP contribution in [0.4, 0.5) is 13.2 Å². The molecular formula is C15H13F3O2. The summed E-state index contributed by atoms with van der Waals surface area (Å²) in [6.45, 7) is 0. The standard InChI is InChI=1S/C15H13F3O2/c1-20-13-10-6-5-9-12(13)14(19,15(16,17)18)11-7-3-2-4-8-11/h2-10,19H,1H3. The van der Waals surface area contributed by atoms with E-state index in [1.54, 1.807) is 12.1 Å². The Bertz CT molecular complexity index is 581. The maximum absolute atomic E-state index is 13.5. The van der Waals surface area contributed by atoms with Crippen molar-refractivity contribution < 1.29 is 23.0 Å². The molecule has 2 aromatic carbocycles. The maximum atomic E-state index is 13.5. The third kappa shape index (κ3) is 2.25. The quantitative estimate of drug-likeness (QED) is 0.933. The van der Waals surface area contributed by atoms with Crippen LogP contribution >= 0.6 is 0 Å². The van der Waals surface area contributed by atoms with E-state index in [-0.39, 0.29) is 16.9 Å². The summed E-state index contributed by atoms with van der Waals surface area (Å²) in [4.78, 5) is 0. The van der Waals surface area contributed by atoms with Crippen molar-refractivity contribution in [3.8, 4) is 5.75 Å². The van der Waals surface area contributed by atoms with Crippen LogP contribution in [-0.4, -0.2) is 18.4 Å².